The molecule has 2 atom stereocenters. The van der Waals surface area contributed by atoms with Crippen molar-refractivity contribution in [2.24, 2.45) is 0 Å². The van der Waals surface area contributed by atoms with Crippen molar-refractivity contribution in [1.29, 1.82) is 0 Å². The minimum Gasteiger partial charge on any atom is -0.297 e. The summed E-state index contributed by atoms with van der Waals surface area (Å²) in [7, 11) is 0. The second kappa shape index (κ2) is 2.54. The molecular weight excluding hydrogens is 122 g/mol. The summed E-state index contributed by atoms with van der Waals surface area (Å²) in [6.07, 6.45) is 7.27. The summed E-state index contributed by atoms with van der Waals surface area (Å²) < 4.78 is 0. The highest BCUT2D eigenvalue weighted by atomic mass is 15.3. The predicted molar refractivity (Wildman–Crippen MR) is 43.0 cm³/mol. The molecule has 0 spiro atoms. The second-order valence-electron chi connectivity index (χ2n) is 3.71. The Morgan fingerprint density at radius 1 is 1.30 bits per heavy atom. The van der Waals surface area contributed by atoms with Crippen LogP contribution in [0.4, 0.5) is 0 Å². The normalized spacial score (nSPS) is 38.1. The van der Waals surface area contributed by atoms with E-state index in [-0.39, 0.29) is 0 Å². The van der Waals surface area contributed by atoms with E-state index in [1.807, 2.05) is 0 Å². The summed E-state index contributed by atoms with van der Waals surface area (Å²) in [4.78, 5) is 2.71. The molecule has 2 saturated heterocycles. The molecule has 2 bridgehead atoms. The number of unbranched alkanes of at least 4 members (excludes halogenated alkanes) is 1. The molecule has 2 aliphatic heterocycles. The maximum absolute atomic E-state index is 2.71. The van der Waals surface area contributed by atoms with Crippen molar-refractivity contribution in [3.8, 4) is 0 Å². The molecule has 0 aromatic carbocycles. The molecule has 2 unspecified atom stereocenters. The van der Waals surface area contributed by atoms with Crippen molar-refractivity contribution in [3.05, 3.63) is 0 Å². The molecule has 10 heavy (non-hydrogen) atoms. The van der Waals surface area contributed by atoms with Crippen LogP contribution in [0.15, 0.2) is 0 Å². The number of rotatable bonds is 3. The van der Waals surface area contributed by atoms with Crippen LogP contribution >= 0.6 is 0 Å². The van der Waals surface area contributed by atoms with Gasteiger partial charge in [0.2, 0.25) is 0 Å². The largest absolute Gasteiger partial charge is 0.297 e. The molecule has 0 radical (unpaired) electrons. The van der Waals surface area contributed by atoms with Gasteiger partial charge < -0.3 is 0 Å². The van der Waals surface area contributed by atoms with Crippen LogP contribution in [0.1, 0.15) is 39.0 Å². The van der Waals surface area contributed by atoms with Gasteiger partial charge in [-0.1, -0.05) is 13.3 Å². The molecule has 58 valence electrons. The van der Waals surface area contributed by atoms with Crippen LogP contribution in [0.3, 0.4) is 0 Å². The van der Waals surface area contributed by atoms with Gasteiger partial charge >= 0.3 is 0 Å². The Morgan fingerprint density at radius 3 is 2.50 bits per heavy atom. The molecule has 1 aliphatic carbocycles. The van der Waals surface area contributed by atoms with Gasteiger partial charge in [0.25, 0.3) is 0 Å². The van der Waals surface area contributed by atoms with Crippen LogP contribution in [0.25, 0.3) is 0 Å². The molecule has 0 aromatic heterocycles. The maximum atomic E-state index is 2.71. The van der Waals surface area contributed by atoms with Crippen LogP contribution in [0.5, 0.6) is 0 Å². The monoisotopic (exact) mass is 139 g/mol. The third-order valence-corrected chi connectivity index (χ3v) is 3.09. The van der Waals surface area contributed by atoms with Gasteiger partial charge in [0, 0.05) is 12.1 Å². The highest BCUT2D eigenvalue weighted by Gasteiger charge is 2.43. The van der Waals surface area contributed by atoms with Crippen LogP contribution in [-0.2, 0) is 0 Å². The summed E-state index contributed by atoms with van der Waals surface area (Å²) in [5, 5.41) is 0. The van der Waals surface area contributed by atoms with Crippen molar-refractivity contribution >= 4 is 0 Å². The van der Waals surface area contributed by atoms with Gasteiger partial charge in [0.15, 0.2) is 0 Å². The van der Waals surface area contributed by atoms with E-state index in [1.54, 1.807) is 0 Å². The van der Waals surface area contributed by atoms with Gasteiger partial charge in [0.1, 0.15) is 0 Å². The topological polar surface area (TPSA) is 3.24 Å². The van der Waals surface area contributed by atoms with Crippen LogP contribution < -0.4 is 0 Å². The molecule has 1 heteroatoms. The molecule has 2 heterocycles. The zero-order valence-corrected chi connectivity index (χ0v) is 6.84. The van der Waals surface area contributed by atoms with Gasteiger partial charge in [-0.05, 0) is 32.2 Å². The highest BCUT2D eigenvalue weighted by molar-refractivity contribution is 4.99. The van der Waals surface area contributed by atoms with Crippen molar-refractivity contribution in [2.75, 3.05) is 6.54 Å². The summed E-state index contributed by atoms with van der Waals surface area (Å²) in [5.41, 5.74) is 0. The molecule has 0 amide bonds. The van der Waals surface area contributed by atoms with Gasteiger partial charge in [0.05, 0.1) is 0 Å². The Kier molecular flexibility index (Phi) is 1.69. The van der Waals surface area contributed by atoms with Crippen LogP contribution in [0.2, 0.25) is 0 Å². The van der Waals surface area contributed by atoms with E-state index in [2.05, 4.69) is 11.8 Å². The van der Waals surface area contributed by atoms with E-state index in [1.165, 1.54) is 38.6 Å². The van der Waals surface area contributed by atoms with E-state index < -0.39 is 0 Å². The number of nitrogens with zero attached hydrogens (tertiary/aromatic N) is 1. The molecule has 1 saturated carbocycles. The lowest BCUT2D eigenvalue weighted by Gasteiger charge is -2.40. The minimum atomic E-state index is 1.01. The summed E-state index contributed by atoms with van der Waals surface area (Å²) in [6.45, 7) is 3.66. The first-order valence-corrected chi connectivity index (χ1v) is 4.67. The fraction of sp³-hybridized carbons (Fsp3) is 1.00. The Balaban J connectivity index is 1.75. The zero-order valence-electron chi connectivity index (χ0n) is 6.84. The highest BCUT2D eigenvalue weighted by Crippen LogP contribution is 2.40. The molecule has 3 aliphatic rings. The standard InChI is InChI=1S/C9H17N/c1-2-3-6-10-8-4-5-9(10)7-8/h8-9H,2-7H2,1H3. The van der Waals surface area contributed by atoms with E-state index in [0.29, 0.717) is 0 Å². The Labute approximate surface area is 63.4 Å². The first kappa shape index (κ1) is 6.66. The van der Waals surface area contributed by atoms with E-state index in [0.717, 1.165) is 12.1 Å². The molecule has 0 N–H and O–H groups in total. The zero-order chi connectivity index (χ0) is 6.97. The lowest BCUT2D eigenvalue weighted by atomic mass is 10.0. The van der Waals surface area contributed by atoms with E-state index >= 15 is 0 Å². The average molecular weight is 139 g/mol. The SMILES string of the molecule is CCCCN1C2CCC1C2. The van der Waals surface area contributed by atoms with Gasteiger partial charge in [-0.3, -0.25) is 4.90 Å². The van der Waals surface area contributed by atoms with Crippen molar-refractivity contribution in [2.45, 2.75) is 51.1 Å². The Hall–Kier alpha value is -0.0400. The minimum absolute atomic E-state index is 1.01. The van der Waals surface area contributed by atoms with Crippen molar-refractivity contribution in [3.63, 3.8) is 0 Å². The fourth-order valence-corrected chi connectivity index (χ4v) is 2.40. The molecule has 3 rings (SSSR count). The Morgan fingerprint density at radius 2 is 2.00 bits per heavy atom. The van der Waals surface area contributed by atoms with Crippen molar-refractivity contribution < 1.29 is 0 Å². The van der Waals surface area contributed by atoms with Crippen molar-refractivity contribution in [1.82, 2.24) is 4.90 Å². The number of hydrogen-bond acceptors (Lipinski definition) is 1. The van der Waals surface area contributed by atoms with Crippen LogP contribution in [0, 0.1) is 0 Å². The quantitative estimate of drug-likeness (QED) is 0.578. The third-order valence-electron chi connectivity index (χ3n) is 3.09. The molecule has 1 nitrogen and oxygen atoms in total. The predicted octanol–water partition coefficient (Wildman–Crippen LogP) is 2.02. The van der Waals surface area contributed by atoms with E-state index in [9.17, 15) is 0 Å². The van der Waals surface area contributed by atoms with Gasteiger partial charge in [-0.25, -0.2) is 0 Å². The first-order chi connectivity index (χ1) is 4.92. The maximum Gasteiger partial charge on any atom is 0.0114 e. The average Bonchev–Trinajstić information content (AvgIpc) is 2.46. The third kappa shape index (κ3) is 0.878. The smallest absolute Gasteiger partial charge is 0.0114 e. The van der Waals surface area contributed by atoms with E-state index in [4.69, 9.17) is 0 Å². The van der Waals surface area contributed by atoms with Gasteiger partial charge in [-0.15, -0.1) is 0 Å². The number of fused-ring (bicyclic) bond motifs is 1. The van der Waals surface area contributed by atoms with Crippen LogP contribution in [-0.4, -0.2) is 23.5 Å². The molecule has 3 fully saturated rings. The molecular formula is C9H17N. The second-order valence-corrected chi connectivity index (χ2v) is 3.71. The summed E-state index contributed by atoms with van der Waals surface area (Å²) in [5.74, 6) is 0. The Bertz CT molecular complexity index is 108. The fourth-order valence-electron chi connectivity index (χ4n) is 2.40. The lowest BCUT2D eigenvalue weighted by Crippen LogP contribution is -2.48. The first-order valence-electron chi connectivity index (χ1n) is 4.67. The van der Waals surface area contributed by atoms with Gasteiger partial charge in [-0.2, -0.15) is 0 Å². The molecule has 0 aromatic rings. The summed E-state index contributed by atoms with van der Waals surface area (Å²) >= 11 is 0. The lowest BCUT2D eigenvalue weighted by molar-refractivity contribution is 0.0775. The summed E-state index contributed by atoms with van der Waals surface area (Å²) in [6, 6.07) is 2.02. The number of hydrogen-bond donors (Lipinski definition) is 0.